The molecule has 3 heteroatoms. The highest BCUT2D eigenvalue weighted by molar-refractivity contribution is 5.66. The Morgan fingerprint density at radius 3 is 2.64 bits per heavy atom. The van der Waals surface area contributed by atoms with Gasteiger partial charge in [0.2, 0.25) is 0 Å². The van der Waals surface area contributed by atoms with Crippen molar-refractivity contribution in [3.8, 4) is 0 Å². The SMILES string of the molecule is CC(=O)OC1CC(C)(C)CC2(C)OC12. The van der Waals surface area contributed by atoms with Crippen molar-refractivity contribution in [3.63, 3.8) is 0 Å². The Morgan fingerprint density at radius 1 is 1.43 bits per heavy atom. The van der Waals surface area contributed by atoms with Gasteiger partial charge in [0.05, 0.1) is 5.60 Å². The molecule has 0 amide bonds. The van der Waals surface area contributed by atoms with Gasteiger partial charge in [-0.1, -0.05) is 13.8 Å². The predicted octanol–water partition coefficient (Wildman–Crippen LogP) is 1.90. The van der Waals surface area contributed by atoms with E-state index in [-0.39, 0.29) is 29.2 Å². The minimum Gasteiger partial charge on any atom is -0.460 e. The van der Waals surface area contributed by atoms with Crippen LogP contribution < -0.4 is 0 Å². The van der Waals surface area contributed by atoms with Crippen LogP contribution in [0.25, 0.3) is 0 Å². The second kappa shape index (κ2) is 2.72. The highest BCUT2D eigenvalue weighted by atomic mass is 16.6. The summed E-state index contributed by atoms with van der Waals surface area (Å²) >= 11 is 0. The maximum Gasteiger partial charge on any atom is 0.302 e. The Kier molecular flexibility index (Phi) is 1.94. The first-order valence-corrected chi connectivity index (χ1v) is 5.17. The van der Waals surface area contributed by atoms with E-state index in [0.717, 1.165) is 12.8 Å². The quantitative estimate of drug-likeness (QED) is 0.477. The summed E-state index contributed by atoms with van der Waals surface area (Å²) in [7, 11) is 0. The molecule has 1 saturated carbocycles. The second-order valence-electron chi connectivity index (χ2n) is 5.54. The number of esters is 1. The van der Waals surface area contributed by atoms with E-state index in [2.05, 4.69) is 20.8 Å². The number of hydrogen-bond acceptors (Lipinski definition) is 3. The molecule has 2 rings (SSSR count). The van der Waals surface area contributed by atoms with Crippen molar-refractivity contribution in [2.24, 2.45) is 5.41 Å². The summed E-state index contributed by atoms with van der Waals surface area (Å²) in [4.78, 5) is 10.9. The van der Waals surface area contributed by atoms with Gasteiger partial charge in [-0.15, -0.1) is 0 Å². The normalized spacial score (nSPS) is 44.0. The van der Waals surface area contributed by atoms with Gasteiger partial charge in [0, 0.05) is 6.92 Å². The van der Waals surface area contributed by atoms with E-state index in [9.17, 15) is 4.79 Å². The number of carbonyl (C=O) groups excluding carboxylic acids is 1. The van der Waals surface area contributed by atoms with Crippen LogP contribution in [0, 0.1) is 5.41 Å². The third-order valence-corrected chi connectivity index (χ3v) is 3.18. The molecule has 14 heavy (non-hydrogen) atoms. The maximum atomic E-state index is 10.9. The fraction of sp³-hybridized carbons (Fsp3) is 0.909. The van der Waals surface area contributed by atoms with Gasteiger partial charge in [-0.3, -0.25) is 4.79 Å². The highest BCUT2D eigenvalue weighted by Crippen LogP contribution is 2.54. The molecule has 1 aliphatic heterocycles. The molecule has 1 saturated heterocycles. The molecule has 3 nitrogen and oxygen atoms in total. The van der Waals surface area contributed by atoms with Gasteiger partial charge in [-0.2, -0.15) is 0 Å². The molecule has 0 bridgehead atoms. The number of rotatable bonds is 1. The molecule has 0 radical (unpaired) electrons. The largest absolute Gasteiger partial charge is 0.460 e. The lowest BCUT2D eigenvalue weighted by molar-refractivity contribution is -0.149. The van der Waals surface area contributed by atoms with Crippen molar-refractivity contribution in [2.75, 3.05) is 0 Å². The van der Waals surface area contributed by atoms with Crippen molar-refractivity contribution in [1.82, 2.24) is 0 Å². The predicted molar refractivity (Wildman–Crippen MR) is 51.8 cm³/mol. The Hall–Kier alpha value is -0.570. The Morgan fingerprint density at radius 2 is 2.07 bits per heavy atom. The van der Waals surface area contributed by atoms with Gasteiger partial charge in [0.25, 0.3) is 0 Å². The molecule has 3 unspecified atom stereocenters. The molecule has 2 fully saturated rings. The van der Waals surface area contributed by atoms with Crippen molar-refractivity contribution >= 4 is 5.97 Å². The molecular weight excluding hydrogens is 180 g/mol. The molecular formula is C11H18O3. The standard InChI is InChI=1S/C11H18O3/c1-7(12)13-8-5-10(2,3)6-11(4)9(8)14-11/h8-9H,5-6H2,1-4H3. The zero-order chi connectivity index (χ0) is 10.6. The smallest absolute Gasteiger partial charge is 0.302 e. The van der Waals surface area contributed by atoms with E-state index in [4.69, 9.17) is 9.47 Å². The third-order valence-electron chi connectivity index (χ3n) is 3.18. The number of hydrogen-bond donors (Lipinski definition) is 0. The fourth-order valence-corrected chi connectivity index (χ4v) is 2.86. The van der Waals surface area contributed by atoms with E-state index in [1.807, 2.05) is 0 Å². The first-order chi connectivity index (χ1) is 6.32. The highest BCUT2D eigenvalue weighted by Gasteiger charge is 2.63. The van der Waals surface area contributed by atoms with Crippen molar-refractivity contribution in [2.45, 2.75) is 58.3 Å². The van der Waals surface area contributed by atoms with E-state index < -0.39 is 0 Å². The van der Waals surface area contributed by atoms with Crippen LogP contribution in [0.2, 0.25) is 0 Å². The maximum absolute atomic E-state index is 10.9. The lowest BCUT2D eigenvalue weighted by Gasteiger charge is -2.34. The minimum atomic E-state index is -0.203. The van der Waals surface area contributed by atoms with Crippen molar-refractivity contribution in [1.29, 1.82) is 0 Å². The summed E-state index contributed by atoms with van der Waals surface area (Å²) in [5, 5.41) is 0. The molecule has 0 aromatic rings. The Bertz CT molecular complexity index is 269. The van der Waals surface area contributed by atoms with Crippen LogP contribution in [0.15, 0.2) is 0 Å². The average Bonchev–Trinajstić information content (AvgIpc) is 2.56. The number of ether oxygens (including phenoxy) is 2. The summed E-state index contributed by atoms with van der Waals surface area (Å²) in [5.74, 6) is -0.203. The zero-order valence-electron chi connectivity index (χ0n) is 9.29. The van der Waals surface area contributed by atoms with Crippen LogP contribution in [-0.2, 0) is 14.3 Å². The monoisotopic (exact) mass is 198 g/mol. The minimum absolute atomic E-state index is 0.0398. The van der Waals surface area contributed by atoms with Crippen LogP contribution in [0.3, 0.4) is 0 Å². The summed E-state index contributed by atoms with van der Waals surface area (Å²) in [6.45, 7) is 7.97. The lowest BCUT2D eigenvalue weighted by Crippen LogP contribution is -2.39. The van der Waals surface area contributed by atoms with Gasteiger partial charge in [-0.05, 0) is 25.2 Å². The van der Waals surface area contributed by atoms with Crippen LogP contribution in [-0.4, -0.2) is 23.8 Å². The summed E-state index contributed by atoms with van der Waals surface area (Å²) in [5.41, 5.74) is 0.170. The van der Waals surface area contributed by atoms with Gasteiger partial charge >= 0.3 is 5.97 Å². The average molecular weight is 198 g/mol. The molecule has 1 heterocycles. The Labute approximate surface area is 84.8 Å². The molecule has 0 aromatic carbocycles. The van der Waals surface area contributed by atoms with Crippen LogP contribution >= 0.6 is 0 Å². The van der Waals surface area contributed by atoms with Crippen molar-refractivity contribution < 1.29 is 14.3 Å². The van der Waals surface area contributed by atoms with E-state index >= 15 is 0 Å². The van der Waals surface area contributed by atoms with Gasteiger partial charge in [0.1, 0.15) is 12.2 Å². The summed E-state index contributed by atoms with van der Waals surface area (Å²) in [6.07, 6.45) is 2.07. The van der Waals surface area contributed by atoms with Crippen molar-refractivity contribution in [3.05, 3.63) is 0 Å². The first-order valence-electron chi connectivity index (χ1n) is 5.17. The van der Waals surface area contributed by atoms with Gasteiger partial charge in [-0.25, -0.2) is 0 Å². The lowest BCUT2D eigenvalue weighted by atomic mass is 9.71. The molecule has 80 valence electrons. The molecule has 0 aromatic heterocycles. The third kappa shape index (κ3) is 1.65. The fourth-order valence-electron chi connectivity index (χ4n) is 2.86. The molecule has 1 aliphatic carbocycles. The number of carbonyl (C=O) groups is 1. The summed E-state index contributed by atoms with van der Waals surface area (Å²) in [6, 6.07) is 0. The van der Waals surface area contributed by atoms with E-state index in [1.54, 1.807) is 0 Å². The van der Waals surface area contributed by atoms with Gasteiger partial charge in [0.15, 0.2) is 0 Å². The molecule has 3 atom stereocenters. The molecule has 0 spiro atoms. The topological polar surface area (TPSA) is 38.8 Å². The van der Waals surface area contributed by atoms with Crippen LogP contribution in [0.1, 0.15) is 40.5 Å². The number of fused-ring (bicyclic) bond motifs is 1. The molecule has 0 N–H and O–H groups in total. The Balaban J connectivity index is 2.08. The first kappa shape index (κ1) is 9.97. The summed E-state index contributed by atoms with van der Waals surface area (Å²) < 4.78 is 10.9. The molecule has 2 aliphatic rings. The van der Waals surface area contributed by atoms with E-state index in [1.165, 1.54) is 6.92 Å². The van der Waals surface area contributed by atoms with Crippen LogP contribution in [0.4, 0.5) is 0 Å². The number of epoxide rings is 1. The van der Waals surface area contributed by atoms with Gasteiger partial charge < -0.3 is 9.47 Å². The van der Waals surface area contributed by atoms with Crippen LogP contribution in [0.5, 0.6) is 0 Å². The zero-order valence-corrected chi connectivity index (χ0v) is 9.29. The second-order valence-corrected chi connectivity index (χ2v) is 5.54. The van der Waals surface area contributed by atoms with E-state index in [0.29, 0.717) is 0 Å².